The maximum atomic E-state index is 11.9. The van der Waals surface area contributed by atoms with Crippen molar-refractivity contribution in [1.82, 2.24) is 4.90 Å². The molecule has 0 aromatic heterocycles. The van der Waals surface area contributed by atoms with E-state index in [1.165, 1.54) is 12.8 Å². The molecule has 1 amide bonds. The van der Waals surface area contributed by atoms with Gasteiger partial charge in [0.1, 0.15) is 0 Å². The molecule has 0 N–H and O–H groups in total. The number of piperidine rings is 1. The summed E-state index contributed by atoms with van der Waals surface area (Å²) in [7, 11) is 0. The zero-order chi connectivity index (χ0) is 11.1. The van der Waals surface area contributed by atoms with Crippen LogP contribution in [0.4, 0.5) is 0 Å². The van der Waals surface area contributed by atoms with E-state index in [4.69, 9.17) is 0 Å². The topological polar surface area (TPSA) is 20.3 Å². The Balaban J connectivity index is 1.97. The normalized spacial score (nSPS) is 29.7. The SMILES string of the molecule is CC(C)C1(CN2CCCC(Br)C2=O)CC1. The Morgan fingerprint density at radius 3 is 2.73 bits per heavy atom. The van der Waals surface area contributed by atoms with Crippen molar-refractivity contribution in [2.45, 2.75) is 44.4 Å². The molecule has 1 atom stereocenters. The van der Waals surface area contributed by atoms with E-state index in [2.05, 4.69) is 34.7 Å². The van der Waals surface area contributed by atoms with Crippen LogP contribution in [0.1, 0.15) is 39.5 Å². The van der Waals surface area contributed by atoms with Crippen molar-refractivity contribution in [2.75, 3.05) is 13.1 Å². The van der Waals surface area contributed by atoms with Gasteiger partial charge in [-0.05, 0) is 37.0 Å². The smallest absolute Gasteiger partial charge is 0.236 e. The van der Waals surface area contributed by atoms with Gasteiger partial charge in [-0.2, -0.15) is 0 Å². The number of likely N-dealkylation sites (tertiary alicyclic amines) is 1. The van der Waals surface area contributed by atoms with Crippen LogP contribution in [0.3, 0.4) is 0 Å². The fourth-order valence-corrected chi connectivity index (χ4v) is 3.12. The van der Waals surface area contributed by atoms with Crippen molar-refractivity contribution < 1.29 is 4.79 Å². The lowest BCUT2D eigenvalue weighted by atomic mass is 9.91. The molecule has 1 aliphatic heterocycles. The summed E-state index contributed by atoms with van der Waals surface area (Å²) >= 11 is 3.47. The van der Waals surface area contributed by atoms with Crippen LogP contribution in [0.5, 0.6) is 0 Å². The molecule has 2 fully saturated rings. The van der Waals surface area contributed by atoms with Crippen molar-refractivity contribution in [3.8, 4) is 0 Å². The minimum Gasteiger partial charge on any atom is -0.341 e. The van der Waals surface area contributed by atoms with Gasteiger partial charge in [0.2, 0.25) is 5.91 Å². The van der Waals surface area contributed by atoms with Crippen molar-refractivity contribution >= 4 is 21.8 Å². The largest absolute Gasteiger partial charge is 0.341 e. The molecule has 0 spiro atoms. The second kappa shape index (κ2) is 4.08. The van der Waals surface area contributed by atoms with Crippen LogP contribution in [0.25, 0.3) is 0 Å². The van der Waals surface area contributed by atoms with E-state index in [0.717, 1.165) is 25.9 Å². The minimum absolute atomic E-state index is 0.0780. The van der Waals surface area contributed by atoms with E-state index in [-0.39, 0.29) is 4.83 Å². The monoisotopic (exact) mass is 273 g/mol. The number of nitrogens with zero attached hydrogens (tertiary/aromatic N) is 1. The summed E-state index contributed by atoms with van der Waals surface area (Å²) in [5, 5.41) is 0. The number of amides is 1. The van der Waals surface area contributed by atoms with Gasteiger partial charge in [-0.3, -0.25) is 4.79 Å². The highest BCUT2D eigenvalue weighted by atomic mass is 79.9. The van der Waals surface area contributed by atoms with Crippen LogP contribution < -0.4 is 0 Å². The van der Waals surface area contributed by atoms with Gasteiger partial charge in [0.25, 0.3) is 0 Å². The van der Waals surface area contributed by atoms with Gasteiger partial charge in [-0.1, -0.05) is 29.8 Å². The number of alkyl halides is 1. The number of hydrogen-bond donors (Lipinski definition) is 0. The second-order valence-electron chi connectivity index (χ2n) is 5.39. The Labute approximate surface area is 101 Å². The lowest BCUT2D eigenvalue weighted by molar-refractivity contribution is -0.133. The molecule has 1 unspecified atom stereocenters. The van der Waals surface area contributed by atoms with Crippen LogP contribution in [0.15, 0.2) is 0 Å². The lowest BCUT2D eigenvalue weighted by Gasteiger charge is -2.34. The van der Waals surface area contributed by atoms with Gasteiger partial charge in [0, 0.05) is 13.1 Å². The molecule has 2 aliphatic rings. The van der Waals surface area contributed by atoms with Gasteiger partial charge >= 0.3 is 0 Å². The van der Waals surface area contributed by atoms with E-state index in [1.54, 1.807) is 0 Å². The molecule has 15 heavy (non-hydrogen) atoms. The summed E-state index contributed by atoms with van der Waals surface area (Å²) in [6, 6.07) is 0. The number of carbonyl (C=O) groups excluding carboxylic acids is 1. The first kappa shape index (κ1) is 11.4. The molecule has 1 heterocycles. The highest BCUT2D eigenvalue weighted by molar-refractivity contribution is 9.10. The van der Waals surface area contributed by atoms with Gasteiger partial charge < -0.3 is 4.90 Å². The van der Waals surface area contributed by atoms with Gasteiger partial charge in [0.15, 0.2) is 0 Å². The number of halogens is 1. The molecule has 0 bridgehead atoms. The van der Waals surface area contributed by atoms with Gasteiger partial charge in [-0.25, -0.2) is 0 Å². The van der Waals surface area contributed by atoms with Crippen molar-refractivity contribution in [3.63, 3.8) is 0 Å². The predicted molar refractivity (Wildman–Crippen MR) is 65.0 cm³/mol. The molecule has 1 saturated heterocycles. The lowest BCUT2D eigenvalue weighted by Crippen LogP contribution is -2.45. The van der Waals surface area contributed by atoms with Gasteiger partial charge in [0.05, 0.1) is 4.83 Å². The Morgan fingerprint density at radius 2 is 2.20 bits per heavy atom. The van der Waals surface area contributed by atoms with E-state index < -0.39 is 0 Å². The minimum atomic E-state index is 0.0780. The predicted octanol–water partition coefficient (Wildman–Crippen LogP) is 2.81. The zero-order valence-electron chi connectivity index (χ0n) is 9.63. The fraction of sp³-hybridized carbons (Fsp3) is 0.917. The summed E-state index contributed by atoms with van der Waals surface area (Å²) < 4.78 is 0. The Morgan fingerprint density at radius 1 is 1.53 bits per heavy atom. The molecule has 1 saturated carbocycles. The first-order chi connectivity index (χ1) is 7.05. The first-order valence-corrected chi connectivity index (χ1v) is 6.90. The quantitative estimate of drug-likeness (QED) is 0.725. The highest BCUT2D eigenvalue weighted by Crippen LogP contribution is 2.52. The molecule has 86 valence electrons. The molecular formula is C12H20BrNO. The van der Waals surface area contributed by atoms with Crippen LogP contribution >= 0.6 is 15.9 Å². The van der Waals surface area contributed by atoms with Crippen molar-refractivity contribution in [1.29, 1.82) is 0 Å². The zero-order valence-corrected chi connectivity index (χ0v) is 11.2. The molecule has 0 aromatic rings. The van der Waals surface area contributed by atoms with Gasteiger partial charge in [-0.15, -0.1) is 0 Å². The molecule has 0 radical (unpaired) electrons. The Hall–Kier alpha value is -0.0500. The maximum absolute atomic E-state index is 11.9. The second-order valence-corrected chi connectivity index (χ2v) is 6.49. The number of rotatable bonds is 3. The van der Waals surface area contributed by atoms with Crippen LogP contribution in [-0.2, 0) is 4.79 Å². The van der Waals surface area contributed by atoms with Crippen molar-refractivity contribution in [2.24, 2.45) is 11.3 Å². The average molecular weight is 274 g/mol. The van der Waals surface area contributed by atoms with E-state index >= 15 is 0 Å². The molecule has 2 nitrogen and oxygen atoms in total. The molecule has 3 heteroatoms. The molecule has 0 aromatic carbocycles. The summed E-state index contributed by atoms with van der Waals surface area (Å²) in [5.74, 6) is 1.02. The van der Waals surface area contributed by atoms with E-state index in [9.17, 15) is 4.79 Å². The third-order valence-corrected chi connectivity index (χ3v) is 4.94. The maximum Gasteiger partial charge on any atom is 0.236 e. The third kappa shape index (κ3) is 2.22. The molecule has 2 rings (SSSR count). The summed E-state index contributed by atoms with van der Waals surface area (Å²) in [6.07, 6.45) is 4.77. The third-order valence-electron chi connectivity index (χ3n) is 4.09. The average Bonchev–Trinajstić information content (AvgIpc) is 2.94. The number of carbonyl (C=O) groups is 1. The van der Waals surface area contributed by atoms with Crippen LogP contribution in [0, 0.1) is 11.3 Å². The summed E-state index contributed by atoms with van der Waals surface area (Å²) in [6.45, 7) is 6.53. The summed E-state index contributed by atoms with van der Waals surface area (Å²) in [5.41, 5.74) is 0.458. The van der Waals surface area contributed by atoms with Crippen molar-refractivity contribution in [3.05, 3.63) is 0 Å². The number of hydrogen-bond acceptors (Lipinski definition) is 1. The fourth-order valence-electron chi connectivity index (χ4n) is 2.51. The Bertz CT molecular complexity index is 260. The summed E-state index contributed by atoms with van der Waals surface area (Å²) in [4.78, 5) is 14.1. The molecular weight excluding hydrogens is 254 g/mol. The highest BCUT2D eigenvalue weighted by Gasteiger charge is 2.47. The van der Waals surface area contributed by atoms with Crippen LogP contribution in [0.2, 0.25) is 0 Å². The van der Waals surface area contributed by atoms with Crippen LogP contribution in [-0.4, -0.2) is 28.7 Å². The van der Waals surface area contributed by atoms with E-state index in [0.29, 0.717) is 17.2 Å². The molecule has 1 aliphatic carbocycles. The van der Waals surface area contributed by atoms with E-state index in [1.807, 2.05) is 0 Å². The standard InChI is InChI=1S/C12H20BrNO/c1-9(2)12(5-6-12)8-14-7-3-4-10(13)11(14)15/h9-10H,3-8H2,1-2H3. The first-order valence-electron chi connectivity index (χ1n) is 5.98. The Kier molecular flexibility index (Phi) is 3.11.